The first-order chi connectivity index (χ1) is 7.08. The molecule has 0 aliphatic rings. The summed E-state index contributed by atoms with van der Waals surface area (Å²) in [5.74, 6) is 0. The van der Waals surface area contributed by atoms with Gasteiger partial charge in [0.1, 0.15) is 6.29 Å². The van der Waals surface area contributed by atoms with Gasteiger partial charge in [-0.1, -0.05) is 38.1 Å². The average molecular weight is 205 g/mol. The first kappa shape index (κ1) is 11.9. The largest absolute Gasteiger partial charge is 0.309 e. The average Bonchev–Trinajstić information content (AvgIpc) is 2.18. The predicted molar refractivity (Wildman–Crippen MR) is 63.1 cm³/mol. The van der Waals surface area contributed by atoms with Crippen LogP contribution < -0.4 is 5.32 Å². The van der Waals surface area contributed by atoms with Crippen LogP contribution in [0.2, 0.25) is 0 Å². The fourth-order valence-electron chi connectivity index (χ4n) is 1.87. The highest BCUT2D eigenvalue weighted by Crippen LogP contribution is 2.25. The number of aryl methyl sites for hydroxylation is 1. The zero-order valence-corrected chi connectivity index (χ0v) is 9.71. The lowest BCUT2D eigenvalue weighted by Gasteiger charge is -2.27. The Kier molecular flexibility index (Phi) is 4.04. The van der Waals surface area contributed by atoms with Crippen LogP contribution in [0.5, 0.6) is 0 Å². The molecule has 1 aromatic rings. The lowest BCUT2D eigenvalue weighted by atomic mass is 9.82. The van der Waals surface area contributed by atoms with Crippen molar-refractivity contribution in [1.82, 2.24) is 5.32 Å². The molecule has 0 aliphatic heterocycles. The van der Waals surface area contributed by atoms with Crippen molar-refractivity contribution in [2.75, 3.05) is 13.1 Å². The minimum absolute atomic E-state index is 0.0638. The summed E-state index contributed by atoms with van der Waals surface area (Å²) < 4.78 is 0. The van der Waals surface area contributed by atoms with Crippen LogP contribution >= 0.6 is 0 Å². The summed E-state index contributed by atoms with van der Waals surface area (Å²) in [5, 5.41) is 3.13. The molecular weight excluding hydrogens is 186 g/mol. The standard InChI is InChI=1S/C13H19NO/c1-11-6-4-5-7-12(11)13(2,3)10-14-8-9-15/h4-7,9,14H,8,10H2,1-3H3. The first-order valence-electron chi connectivity index (χ1n) is 5.28. The van der Waals surface area contributed by atoms with Gasteiger partial charge in [-0.15, -0.1) is 0 Å². The summed E-state index contributed by atoms with van der Waals surface area (Å²) >= 11 is 0. The Hall–Kier alpha value is -1.15. The van der Waals surface area contributed by atoms with E-state index in [-0.39, 0.29) is 5.41 Å². The molecule has 0 saturated carbocycles. The van der Waals surface area contributed by atoms with Crippen molar-refractivity contribution < 1.29 is 4.79 Å². The van der Waals surface area contributed by atoms with E-state index in [1.165, 1.54) is 11.1 Å². The number of carbonyl (C=O) groups excluding carboxylic acids is 1. The lowest BCUT2D eigenvalue weighted by Crippen LogP contribution is -2.34. The minimum atomic E-state index is 0.0638. The Labute approximate surface area is 91.7 Å². The van der Waals surface area contributed by atoms with E-state index in [1.807, 2.05) is 6.07 Å². The summed E-state index contributed by atoms with van der Waals surface area (Å²) in [6.45, 7) is 7.74. The Morgan fingerprint density at radius 2 is 2.00 bits per heavy atom. The summed E-state index contributed by atoms with van der Waals surface area (Å²) in [5.41, 5.74) is 2.70. The highest BCUT2D eigenvalue weighted by molar-refractivity contribution is 5.51. The Bertz CT molecular complexity index is 331. The molecule has 0 heterocycles. The Morgan fingerprint density at radius 3 is 2.60 bits per heavy atom. The Balaban J connectivity index is 2.76. The summed E-state index contributed by atoms with van der Waals surface area (Å²) in [6.07, 6.45) is 0.897. The highest BCUT2D eigenvalue weighted by atomic mass is 16.1. The molecule has 0 amide bonds. The number of hydrogen-bond acceptors (Lipinski definition) is 2. The number of aldehydes is 1. The van der Waals surface area contributed by atoms with Crippen LogP contribution in [0.4, 0.5) is 0 Å². The van der Waals surface area contributed by atoms with Crippen LogP contribution in [0, 0.1) is 6.92 Å². The normalized spacial score (nSPS) is 11.4. The first-order valence-corrected chi connectivity index (χ1v) is 5.28. The molecule has 82 valence electrons. The van der Waals surface area contributed by atoms with Gasteiger partial charge in [-0.3, -0.25) is 0 Å². The molecule has 0 bridgehead atoms. The van der Waals surface area contributed by atoms with Gasteiger partial charge < -0.3 is 10.1 Å². The second-order valence-electron chi connectivity index (χ2n) is 4.50. The van der Waals surface area contributed by atoms with E-state index in [1.54, 1.807) is 0 Å². The van der Waals surface area contributed by atoms with E-state index >= 15 is 0 Å². The number of hydrogen-bond donors (Lipinski definition) is 1. The van der Waals surface area contributed by atoms with Gasteiger partial charge in [0.05, 0.1) is 6.54 Å². The second kappa shape index (κ2) is 5.08. The van der Waals surface area contributed by atoms with Crippen molar-refractivity contribution in [3.05, 3.63) is 35.4 Å². The Morgan fingerprint density at radius 1 is 1.33 bits per heavy atom. The SMILES string of the molecule is Cc1ccccc1C(C)(C)CNCC=O. The number of rotatable bonds is 5. The van der Waals surface area contributed by atoms with Crippen molar-refractivity contribution in [1.29, 1.82) is 0 Å². The van der Waals surface area contributed by atoms with Gasteiger partial charge in [0.2, 0.25) is 0 Å². The monoisotopic (exact) mass is 205 g/mol. The van der Waals surface area contributed by atoms with Crippen LogP contribution in [-0.2, 0) is 10.2 Å². The third kappa shape index (κ3) is 3.17. The van der Waals surface area contributed by atoms with Crippen LogP contribution in [0.1, 0.15) is 25.0 Å². The molecule has 2 heteroatoms. The molecule has 0 atom stereocenters. The minimum Gasteiger partial charge on any atom is -0.309 e. The molecule has 0 fully saturated rings. The summed E-state index contributed by atoms with van der Waals surface area (Å²) in [6, 6.07) is 8.38. The quantitative estimate of drug-likeness (QED) is 0.589. The molecule has 0 saturated heterocycles. The molecule has 0 aliphatic carbocycles. The molecule has 0 radical (unpaired) electrons. The van der Waals surface area contributed by atoms with Crippen molar-refractivity contribution >= 4 is 6.29 Å². The summed E-state index contributed by atoms with van der Waals surface area (Å²) in [7, 11) is 0. The van der Waals surface area contributed by atoms with Gasteiger partial charge in [-0.25, -0.2) is 0 Å². The fraction of sp³-hybridized carbons (Fsp3) is 0.462. The van der Waals surface area contributed by atoms with E-state index in [0.717, 1.165) is 12.8 Å². The molecule has 0 spiro atoms. The highest BCUT2D eigenvalue weighted by Gasteiger charge is 2.21. The maximum absolute atomic E-state index is 10.2. The third-order valence-corrected chi connectivity index (χ3v) is 2.67. The molecular formula is C13H19NO. The van der Waals surface area contributed by atoms with E-state index in [9.17, 15) is 4.79 Å². The topological polar surface area (TPSA) is 29.1 Å². The van der Waals surface area contributed by atoms with Gasteiger partial charge in [-0.05, 0) is 18.1 Å². The van der Waals surface area contributed by atoms with Crippen molar-refractivity contribution in [3.8, 4) is 0 Å². The predicted octanol–water partition coefficient (Wildman–Crippen LogP) is 2.06. The maximum atomic E-state index is 10.2. The van der Waals surface area contributed by atoms with Gasteiger partial charge in [0, 0.05) is 12.0 Å². The second-order valence-corrected chi connectivity index (χ2v) is 4.50. The van der Waals surface area contributed by atoms with Gasteiger partial charge in [-0.2, -0.15) is 0 Å². The van der Waals surface area contributed by atoms with E-state index < -0.39 is 0 Å². The van der Waals surface area contributed by atoms with Crippen LogP contribution in [-0.4, -0.2) is 19.4 Å². The van der Waals surface area contributed by atoms with Gasteiger partial charge in [0.25, 0.3) is 0 Å². The summed E-state index contributed by atoms with van der Waals surface area (Å²) in [4.78, 5) is 10.2. The van der Waals surface area contributed by atoms with E-state index in [4.69, 9.17) is 0 Å². The molecule has 15 heavy (non-hydrogen) atoms. The van der Waals surface area contributed by atoms with Crippen LogP contribution in [0.15, 0.2) is 24.3 Å². The number of benzene rings is 1. The van der Waals surface area contributed by atoms with Crippen molar-refractivity contribution in [3.63, 3.8) is 0 Å². The fourth-order valence-corrected chi connectivity index (χ4v) is 1.87. The van der Waals surface area contributed by atoms with Crippen molar-refractivity contribution in [2.24, 2.45) is 0 Å². The molecule has 1 N–H and O–H groups in total. The molecule has 1 rings (SSSR count). The zero-order valence-electron chi connectivity index (χ0n) is 9.71. The van der Waals surface area contributed by atoms with Crippen LogP contribution in [0.3, 0.4) is 0 Å². The van der Waals surface area contributed by atoms with Crippen molar-refractivity contribution in [2.45, 2.75) is 26.2 Å². The smallest absolute Gasteiger partial charge is 0.133 e. The zero-order chi connectivity index (χ0) is 11.3. The van der Waals surface area contributed by atoms with E-state index in [0.29, 0.717) is 6.54 Å². The molecule has 0 aromatic heterocycles. The number of carbonyl (C=O) groups is 1. The van der Waals surface area contributed by atoms with Crippen LogP contribution in [0.25, 0.3) is 0 Å². The third-order valence-electron chi connectivity index (χ3n) is 2.67. The lowest BCUT2D eigenvalue weighted by molar-refractivity contribution is -0.107. The van der Waals surface area contributed by atoms with Gasteiger partial charge in [0.15, 0.2) is 0 Å². The number of nitrogens with one attached hydrogen (secondary N) is 1. The maximum Gasteiger partial charge on any atom is 0.133 e. The van der Waals surface area contributed by atoms with Gasteiger partial charge >= 0.3 is 0 Å². The molecule has 1 aromatic carbocycles. The van der Waals surface area contributed by atoms with E-state index in [2.05, 4.69) is 44.3 Å². The molecule has 0 unspecified atom stereocenters. The molecule has 2 nitrogen and oxygen atoms in total.